The Morgan fingerprint density at radius 2 is 2.12 bits per heavy atom. The van der Waals surface area contributed by atoms with Crippen LogP contribution in [-0.2, 0) is 0 Å². The van der Waals surface area contributed by atoms with Crippen molar-refractivity contribution in [3.63, 3.8) is 0 Å². The number of hydrogen-bond acceptors (Lipinski definition) is 8. The summed E-state index contributed by atoms with van der Waals surface area (Å²) in [5.41, 5.74) is 1.57. The zero-order valence-electron chi connectivity index (χ0n) is 13.5. The molecule has 24 heavy (non-hydrogen) atoms. The van der Waals surface area contributed by atoms with E-state index in [1.54, 1.807) is 6.07 Å². The SMILES string of the molecule is C[NH+]1CCN(c2cc(NCCCO)c([N+](=O)[O-])c3nonc23)CC1. The first-order chi connectivity index (χ1) is 11.6. The molecule has 3 rings (SSSR count). The molecule has 1 aliphatic rings. The molecule has 1 fully saturated rings. The van der Waals surface area contributed by atoms with Gasteiger partial charge in [0.1, 0.15) is 5.69 Å². The van der Waals surface area contributed by atoms with E-state index in [0.29, 0.717) is 24.2 Å². The number of fused-ring (bicyclic) bond motifs is 1. The Morgan fingerprint density at radius 3 is 2.79 bits per heavy atom. The molecule has 1 aliphatic heterocycles. The van der Waals surface area contributed by atoms with E-state index in [9.17, 15) is 10.1 Å². The average Bonchev–Trinajstić information content (AvgIpc) is 3.04. The van der Waals surface area contributed by atoms with E-state index in [-0.39, 0.29) is 17.8 Å². The summed E-state index contributed by atoms with van der Waals surface area (Å²) in [5.74, 6) is 0. The van der Waals surface area contributed by atoms with Gasteiger partial charge in [-0.3, -0.25) is 10.1 Å². The molecular formula is C14H21N6O4+. The minimum atomic E-state index is -0.480. The molecule has 0 aliphatic carbocycles. The topological polar surface area (TPSA) is 122 Å². The molecular weight excluding hydrogens is 316 g/mol. The molecule has 0 atom stereocenters. The fourth-order valence-electron chi connectivity index (χ4n) is 2.91. The van der Waals surface area contributed by atoms with Gasteiger partial charge in [-0.15, -0.1) is 0 Å². The minimum absolute atomic E-state index is 0.0165. The predicted octanol–water partition coefficient (Wildman–Crippen LogP) is -0.740. The summed E-state index contributed by atoms with van der Waals surface area (Å²) in [4.78, 5) is 14.6. The van der Waals surface area contributed by atoms with Crippen LogP contribution in [-0.4, -0.2) is 66.7 Å². The van der Waals surface area contributed by atoms with Crippen LogP contribution in [0.25, 0.3) is 11.0 Å². The summed E-state index contributed by atoms with van der Waals surface area (Å²) in [6.45, 7) is 4.08. The zero-order chi connectivity index (χ0) is 17.1. The summed E-state index contributed by atoms with van der Waals surface area (Å²) in [6, 6.07) is 1.74. The van der Waals surface area contributed by atoms with Crippen LogP contribution in [0.15, 0.2) is 10.7 Å². The maximum Gasteiger partial charge on any atom is 0.323 e. The third-order valence-corrected chi connectivity index (χ3v) is 4.28. The van der Waals surface area contributed by atoms with E-state index in [0.717, 1.165) is 31.9 Å². The summed E-state index contributed by atoms with van der Waals surface area (Å²) in [5, 5.41) is 31.1. The number of nitrogens with zero attached hydrogens (tertiary/aromatic N) is 4. The Kier molecular flexibility index (Phi) is 4.76. The number of aliphatic hydroxyl groups is 1. The number of aliphatic hydroxyl groups excluding tert-OH is 1. The maximum atomic E-state index is 11.5. The van der Waals surface area contributed by atoms with Gasteiger partial charge in [-0.2, -0.15) is 0 Å². The number of quaternary nitrogens is 1. The molecule has 0 radical (unpaired) electrons. The van der Waals surface area contributed by atoms with Gasteiger partial charge in [-0.05, 0) is 22.8 Å². The number of rotatable bonds is 6. The Balaban J connectivity index is 2.03. The number of nitro groups is 1. The van der Waals surface area contributed by atoms with Crippen LogP contribution in [0.2, 0.25) is 0 Å². The van der Waals surface area contributed by atoms with E-state index in [1.165, 1.54) is 4.90 Å². The van der Waals surface area contributed by atoms with Gasteiger partial charge in [0.25, 0.3) is 0 Å². The van der Waals surface area contributed by atoms with Gasteiger partial charge in [0.05, 0.1) is 43.8 Å². The molecule has 10 heteroatoms. The number of piperazine rings is 1. The van der Waals surface area contributed by atoms with Crippen LogP contribution in [0.5, 0.6) is 0 Å². The summed E-state index contributed by atoms with van der Waals surface area (Å²) in [7, 11) is 2.14. The maximum absolute atomic E-state index is 11.5. The van der Waals surface area contributed by atoms with Crippen molar-refractivity contribution in [3.05, 3.63) is 16.2 Å². The van der Waals surface area contributed by atoms with Crippen molar-refractivity contribution >= 4 is 28.1 Å². The summed E-state index contributed by atoms with van der Waals surface area (Å²) in [6.07, 6.45) is 0.499. The van der Waals surface area contributed by atoms with Crippen molar-refractivity contribution in [1.29, 1.82) is 0 Å². The van der Waals surface area contributed by atoms with Crippen molar-refractivity contribution in [2.24, 2.45) is 0 Å². The number of anilines is 2. The number of nitrogens with one attached hydrogen (secondary N) is 2. The first-order valence-corrected chi connectivity index (χ1v) is 7.96. The fourth-order valence-corrected chi connectivity index (χ4v) is 2.91. The number of hydrogen-bond donors (Lipinski definition) is 3. The van der Waals surface area contributed by atoms with Crippen LogP contribution in [0, 0.1) is 10.1 Å². The van der Waals surface area contributed by atoms with Crippen LogP contribution < -0.4 is 15.1 Å². The Labute approximate surface area is 138 Å². The lowest BCUT2D eigenvalue weighted by Gasteiger charge is -2.31. The monoisotopic (exact) mass is 337 g/mol. The highest BCUT2D eigenvalue weighted by Crippen LogP contribution is 2.38. The van der Waals surface area contributed by atoms with Crippen molar-refractivity contribution in [1.82, 2.24) is 10.3 Å². The Bertz CT molecular complexity index is 725. The van der Waals surface area contributed by atoms with Gasteiger partial charge >= 0.3 is 5.69 Å². The second kappa shape index (κ2) is 6.97. The van der Waals surface area contributed by atoms with Crippen LogP contribution in [0.4, 0.5) is 17.1 Å². The van der Waals surface area contributed by atoms with Gasteiger partial charge in [0.15, 0.2) is 5.52 Å². The van der Waals surface area contributed by atoms with Gasteiger partial charge in [0, 0.05) is 13.2 Å². The molecule has 0 saturated carbocycles. The van der Waals surface area contributed by atoms with Crippen molar-refractivity contribution in [3.8, 4) is 0 Å². The van der Waals surface area contributed by atoms with Crippen molar-refractivity contribution in [2.75, 3.05) is 56.6 Å². The molecule has 0 unspecified atom stereocenters. The molecule has 1 aromatic carbocycles. The van der Waals surface area contributed by atoms with Crippen molar-refractivity contribution < 1.29 is 19.6 Å². The van der Waals surface area contributed by atoms with Gasteiger partial charge in [0.2, 0.25) is 5.52 Å². The lowest BCUT2D eigenvalue weighted by atomic mass is 10.1. The molecule has 3 N–H and O–H groups in total. The molecule has 0 amide bonds. The van der Waals surface area contributed by atoms with E-state index >= 15 is 0 Å². The number of likely N-dealkylation sites (N-methyl/N-ethyl adjacent to an activating group) is 1. The lowest BCUT2D eigenvalue weighted by Crippen LogP contribution is -3.12. The average molecular weight is 337 g/mol. The number of nitro benzene ring substituents is 1. The first kappa shape index (κ1) is 16.4. The molecule has 2 heterocycles. The smallest absolute Gasteiger partial charge is 0.323 e. The molecule has 1 saturated heterocycles. The molecule has 10 nitrogen and oxygen atoms in total. The largest absolute Gasteiger partial charge is 0.396 e. The minimum Gasteiger partial charge on any atom is -0.396 e. The Hall–Kier alpha value is -2.46. The first-order valence-electron chi connectivity index (χ1n) is 7.96. The van der Waals surface area contributed by atoms with E-state index in [1.807, 2.05) is 0 Å². The predicted molar refractivity (Wildman–Crippen MR) is 87.5 cm³/mol. The number of benzene rings is 1. The van der Waals surface area contributed by atoms with Crippen LogP contribution >= 0.6 is 0 Å². The second-order valence-electron chi connectivity index (χ2n) is 5.96. The molecule has 0 spiro atoms. The van der Waals surface area contributed by atoms with E-state index < -0.39 is 4.92 Å². The lowest BCUT2D eigenvalue weighted by molar-refractivity contribution is -0.880. The highest BCUT2D eigenvalue weighted by molar-refractivity contribution is 5.99. The third-order valence-electron chi connectivity index (χ3n) is 4.28. The van der Waals surface area contributed by atoms with Gasteiger partial charge in [-0.25, -0.2) is 4.63 Å². The highest BCUT2D eigenvalue weighted by atomic mass is 16.6. The third kappa shape index (κ3) is 3.10. The number of aromatic nitrogens is 2. The summed E-state index contributed by atoms with van der Waals surface area (Å²) < 4.78 is 4.78. The van der Waals surface area contributed by atoms with E-state index in [4.69, 9.17) is 9.74 Å². The molecule has 1 aromatic heterocycles. The molecule has 0 bridgehead atoms. The molecule has 2 aromatic rings. The van der Waals surface area contributed by atoms with Gasteiger partial charge < -0.3 is 20.2 Å². The highest BCUT2D eigenvalue weighted by Gasteiger charge is 2.29. The second-order valence-corrected chi connectivity index (χ2v) is 5.96. The quantitative estimate of drug-likeness (QED) is 0.358. The standard InChI is InChI=1S/C14H20N6O4/c1-18-4-6-19(7-5-18)11-9-10(15-3-2-8-21)14(20(22)23)13-12(11)16-24-17-13/h9,15,21H,2-8H2,1H3/p+1. The normalized spacial score (nSPS) is 15.8. The van der Waals surface area contributed by atoms with E-state index in [2.05, 4.69) is 27.6 Å². The fraction of sp³-hybridized carbons (Fsp3) is 0.571. The van der Waals surface area contributed by atoms with Gasteiger partial charge in [-0.1, -0.05) is 0 Å². The van der Waals surface area contributed by atoms with Crippen molar-refractivity contribution in [2.45, 2.75) is 6.42 Å². The molecule has 130 valence electrons. The van der Waals surface area contributed by atoms with Crippen LogP contribution in [0.3, 0.4) is 0 Å². The zero-order valence-corrected chi connectivity index (χ0v) is 13.5. The van der Waals surface area contributed by atoms with Crippen LogP contribution in [0.1, 0.15) is 6.42 Å². The Morgan fingerprint density at radius 1 is 1.42 bits per heavy atom. The summed E-state index contributed by atoms with van der Waals surface area (Å²) >= 11 is 0.